The molecule has 7 bridgehead atoms. The van der Waals surface area contributed by atoms with Crippen molar-refractivity contribution in [3.05, 3.63) is 48.2 Å². The van der Waals surface area contributed by atoms with E-state index in [0.717, 1.165) is 45.2 Å². The number of phenols is 1. The smallest absolute Gasteiger partial charge is 0.319 e. The van der Waals surface area contributed by atoms with Gasteiger partial charge in [-0.3, -0.25) is 14.7 Å². The Morgan fingerprint density at radius 2 is 2.02 bits per heavy atom. The number of aromatic hydroxyl groups is 1. The first-order chi connectivity index (χ1) is 23.7. The fraction of sp³-hybridized carbons (Fsp3) is 0.500. The van der Waals surface area contributed by atoms with E-state index >= 15 is 8.78 Å². The summed E-state index contributed by atoms with van der Waals surface area (Å²) in [6.07, 6.45) is 6.37. The molecule has 2 aromatic carbocycles. The normalized spacial score (nSPS) is 29.0. The number of aromatic nitrogens is 3. The number of nitrogens with one attached hydrogen (secondary N) is 1. The molecule has 49 heavy (non-hydrogen) atoms. The van der Waals surface area contributed by atoms with Crippen LogP contribution in [-0.2, 0) is 9.53 Å². The maximum Gasteiger partial charge on any atom is 0.319 e. The fourth-order valence-electron chi connectivity index (χ4n) is 9.21. The Hall–Kier alpha value is -4.20. The van der Waals surface area contributed by atoms with Crippen LogP contribution >= 0.6 is 0 Å². The Morgan fingerprint density at radius 1 is 1.12 bits per heavy atom. The molecule has 5 aliphatic heterocycles. The number of nitrogens with zero attached hydrogens (tertiary/aromatic N) is 6. The van der Waals surface area contributed by atoms with Crippen LogP contribution in [0.15, 0.2) is 36.5 Å². The standard InChI is InChI=1S/C36H39F2N7O4/c1-43-18-35-9-6-22(42-35)16-44(19-35)33-26-15-39-31(25-13-23(46)12-21-4-2-5-27(37)29(21)25)30(38)32(26)40-34(41-33)49-20-36-8-3-10-45(36)17-24(14-36)48-11-7-28(43)47/h2,4-5,12-13,15,22,24,42,46H,3,6-11,14,16-20H2,1H3/t22-,24+,35-,36+/m0/s1. The number of carbonyl (C=O) groups is 1. The van der Waals surface area contributed by atoms with Crippen LogP contribution in [0.5, 0.6) is 11.8 Å². The van der Waals surface area contributed by atoms with Gasteiger partial charge in [0.1, 0.15) is 35.2 Å². The van der Waals surface area contributed by atoms with Crippen LogP contribution in [0.2, 0.25) is 0 Å². The Labute approximate surface area is 282 Å². The van der Waals surface area contributed by atoms with Gasteiger partial charge in [-0.1, -0.05) is 12.1 Å². The van der Waals surface area contributed by atoms with Crippen LogP contribution in [0.1, 0.15) is 38.5 Å². The lowest BCUT2D eigenvalue weighted by Crippen LogP contribution is -2.64. The summed E-state index contributed by atoms with van der Waals surface area (Å²) < 4.78 is 44.9. The van der Waals surface area contributed by atoms with Gasteiger partial charge < -0.3 is 29.7 Å². The minimum atomic E-state index is -0.750. The summed E-state index contributed by atoms with van der Waals surface area (Å²) >= 11 is 0. The van der Waals surface area contributed by atoms with Gasteiger partial charge in [0.2, 0.25) is 5.91 Å². The second kappa shape index (κ2) is 11.4. The highest BCUT2D eigenvalue weighted by atomic mass is 19.1. The lowest BCUT2D eigenvalue weighted by atomic mass is 9.94. The quantitative estimate of drug-likeness (QED) is 0.308. The molecule has 2 spiro atoms. The van der Waals surface area contributed by atoms with Gasteiger partial charge in [0, 0.05) is 56.4 Å². The van der Waals surface area contributed by atoms with E-state index < -0.39 is 11.6 Å². The van der Waals surface area contributed by atoms with E-state index in [0.29, 0.717) is 55.9 Å². The lowest BCUT2D eigenvalue weighted by Gasteiger charge is -2.44. The maximum absolute atomic E-state index is 16.9. The third-order valence-electron chi connectivity index (χ3n) is 11.4. The number of halogens is 2. The number of piperazine rings is 1. The Balaban J connectivity index is 1.19. The molecule has 2 N–H and O–H groups in total. The third-order valence-corrected chi connectivity index (χ3v) is 11.4. The number of rotatable bonds is 1. The number of likely N-dealkylation sites (N-methyl/N-ethyl adjacent to an activating group) is 1. The Kier molecular flexibility index (Phi) is 7.19. The number of phenolic OH excluding ortho intramolecular Hbond substituents is 1. The predicted octanol–water partition coefficient (Wildman–Crippen LogP) is 4.00. The van der Waals surface area contributed by atoms with Crippen molar-refractivity contribution in [1.29, 1.82) is 0 Å². The highest BCUT2D eigenvalue weighted by Gasteiger charge is 2.50. The Morgan fingerprint density at radius 3 is 2.92 bits per heavy atom. The van der Waals surface area contributed by atoms with Crippen molar-refractivity contribution in [2.24, 2.45) is 0 Å². The third kappa shape index (κ3) is 5.16. The minimum Gasteiger partial charge on any atom is -0.508 e. The highest BCUT2D eigenvalue weighted by Crippen LogP contribution is 2.42. The van der Waals surface area contributed by atoms with Gasteiger partial charge in [0.25, 0.3) is 0 Å². The molecule has 1 amide bonds. The summed E-state index contributed by atoms with van der Waals surface area (Å²) in [7, 11) is 1.85. The summed E-state index contributed by atoms with van der Waals surface area (Å²) in [6.45, 7) is 4.05. The average molecular weight is 672 g/mol. The van der Waals surface area contributed by atoms with Crippen molar-refractivity contribution in [1.82, 2.24) is 30.1 Å². The molecule has 4 aromatic rings. The van der Waals surface area contributed by atoms with E-state index in [2.05, 4.69) is 25.1 Å². The summed E-state index contributed by atoms with van der Waals surface area (Å²) in [5, 5.41) is 15.3. The monoisotopic (exact) mass is 671 g/mol. The van der Waals surface area contributed by atoms with E-state index in [4.69, 9.17) is 14.5 Å². The second-order valence-corrected chi connectivity index (χ2v) is 14.6. The van der Waals surface area contributed by atoms with E-state index in [1.165, 1.54) is 24.4 Å². The van der Waals surface area contributed by atoms with Gasteiger partial charge in [-0.25, -0.2) is 8.78 Å². The topological polar surface area (TPSA) is 116 Å². The lowest BCUT2D eigenvalue weighted by molar-refractivity contribution is -0.132. The first kappa shape index (κ1) is 30.8. The number of carbonyl (C=O) groups excluding carboxylic acids is 1. The second-order valence-electron chi connectivity index (χ2n) is 14.6. The summed E-state index contributed by atoms with van der Waals surface area (Å²) in [4.78, 5) is 33.7. The van der Waals surface area contributed by atoms with E-state index in [1.54, 1.807) is 17.0 Å². The number of fused-ring (bicyclic) bond motifs is 9. The molecule has 0 saturated carbocycles. The fourth-order valence-corrected chi connectivity index (χ4v) is 9.21. The molecule has 0 radical (unpaired) electrons. The highest BCUT2D eigenvalue weighted by molar-refractivity contribution is 6.00. The summed E-state index contributed by atoms with van der Waals surface area (Å²) in [6, 6.07) is 7.50. The molecule has 256 valence electrons. The van der Waals surface area contributed by atoms with Crippen molar-refractivity contribution in [3.63, 3.8) is 0 Å². The molecule has 4 fully saturated rings. The zero-order chi connectivity index (χ0) is 33.5. The molecule has 2 aromatic heterocycles. The zero-order valence-electron chi connectivity index (χ0n) is 27.4. The first-order valence-corrected chi connectivity index (χ1v) is 17.2. The number of hydrogen-bond donors (Lipinski definition) is 2. The summed E-state index contributed by atoms with van der Waals surface area (Å²) in [5.41, 5.74) is -0.634. The molecule has 5 aliphatic rings. The van der Waals surface area contributed by atoms with Crippen molar-refractivity contribution in [2.45, 2.75) is 61.7 Å². The number of hydrogen-bond acceptors (Lipinski definition) is 10. The van der Waals surface area contributed by atoms with Crippen LogP contribution in [0.3, 0.4) is 0 Å². The van der Waals surface area contributed by atoms with Crippen molar-refractivity contribution in [2.75, 3.05) is 57.9 Å². The molecule has 7 heterocycles. The van der Waals surface area contributed by atoms with E-state index in [9.17, 15) is 9.90 Å². The first-order valence-electron chi connectivity index (χ1n) is 17.2. The van der Waals surface area contributed by atoms with Crippen LogP contribution in [0.4, 0.5) is 14.6 Å². The van der Waals surface area contributed by atoms with Crippen molar-refractivity contribution >= 4 is 33.4 Å². The SMILES string of the molecule is CN1C[C@@]23CC[C@@H](CN(C2)c2nc(nc4c(F)c(-c5cc(O)cc6cccc(F)c56)ncc24)OC[C@]24CCCN2C[C@@H](C4)OCCC1=O)N3. The zero-order valence-corrected chi connectivity index (χ0v) is 27.4. The van der Waals surface area contributed by atoms with Gasteiger partial charge in [0.05, 0.1) is 35.6 Å². The van der Waals surface area contributed by atoms with Crippen LogP contribution < -0.4 is 15.0 Å². The largest absolute Gasteiger partial charge is 0.508 e. The molecular weight excluding hydrogens is 632 g/mol. The van der Waals surface area contributed by atoms with Crippen LogP contribution in [0, 0.1) is 11.6 Å². The molecule has 4 atom stereocenters. The number of pyridine rings is 1. The molecule has 9 rings (SSSR count). The molecule has 11 nitrogen and oxygen atoms in total. The molecule has 0 aliphatic carbocycles. The molecular formula is C36H39F2N7O4. The van der Waals surface area contributed by atoms with Gasteiger partial charge in [0.15, 0.2) is 5.82 Å². The van der Waals surface area contributed by atoms with Crippen molar-refractivity contribution < 1.29 is 28.2 Å². The average Bonchev–Trinajstić information content (AvgIpc) is 3.72. The summed E-state index contributed by atoms with van der Waals surface area (Å²) in [5.74, 6) is -0.874. The predicted molar refractivity (Wildman–Crippen MR) is 179 cm³/mol. The number of anilines is 1. The van der Waals surface area contributed by atoms with Gasteiger partial charge in [-0.05, 0) is 62.2 Å². The molecule has 4 saturated heterocycles. The number of amides is 1. The molecule has 13 heteroatoms. The van der Waals surface area contributed by atoms with Gasteiger partial charge in [-0.2, -0.15) is 9.97 Å². The minimum absolute atomic E-state index is 0.0105. The van der Waals surface area contributed by atoms with Gasteiger partial charge in [-0.15, -0.1) is 0 Å². The number of ether oxygens (including phenoxy) is 2. The maximum atomic E-state index is 16.9. The van der Waals surface area contributed by atoms with Crippen molar-refractivity contribution in [3.8, 4) is 23.0 Å². The number of benzene rings is 2. The van der Waals surface area contributed by atoms with E-state index in [1.807, 2.05) is 7.05 Å². The van der Waals surface area contributed by atoms with Crippen LogP contribution in [-0.4, -0.2) is 112 Å². The van der Waals surface area contributed by atoms with E-state index in [-0.39, 0.29) is 63.1 Å². The van der Waals surface area contributed by atoms with Gasteiger partial charge >= 0.3 is 6.01 Å². The Bertz CT molecular complexity index is 2000. The molecule has 0 unspecified atom stereocenters. The van der Waals surface area contributed by atoms with Crippen LogP contribution in [0.25, 0.3) is 32.9 Å².